The van der Waals surface area contributed by atoms with Crippen LogP contribution in [0.5, 0.6) is 0 Å². The van der Waals surface area contributed by atoms with Crippen LogP contribution in [0.1, 0.15) is 41.6 Å². The van der Waals surface area contributed by atoms with E-state index in [1.807, 2.05) is 34.9 Å². The summed E-state index contributed by atoms with van der Waals surface area (Å²) in [4.78, 5) is 22.1. The van der Waals surface area contributed by atoms with Gasteiger partial charge in [-0.05, 0) is 61.1 Å². The largest absolute Gasteiger partial charge is 0.416 e. The van der Waals surface area contributed by atoms with Gasteiger partial charge in [-0.25, -0.2) is 0 Å². The Morgan fingerprint density at radius 3 is 2.84 bits per heavy atom. The summed E-state index contributed by atoms with van der Waals surface area (Å²) >= 11 is 1.83. The highest BCUT2D eigenvalue weighted by Gasteiger charge is 2.38. The molecular formula is C28H35F3N4O2S. The van der Waals surface area contributed by atoms with Gasteiger partial charge in [0.2, 0.25) is 5.91 Å². The average Bonchev–Trinajstić information content (AvgIpc) is 3.09. The average molecular weight is 549 g/mol. The molecule has 1 amide bonds. The van der Waals surface area contributed by atoms with Crippen LogP contribution in [0.25, 0.3) is 0 Å². The number of nitrogens with zero attached hydrogens (tertiary/aromatic N) is 3. The molecule has 206 valence electrons. The molecule has 1 aromatic heterocycles. The van der Waals surface area contributed by atoms with Gasteiger partial charge in [0, 0.05) is 62.6 Å². The summed E-state index contributed by atoms with van der Waals surface area (Å²) in [5.74, 6) is 0.712. The second kappa shape index (κ2) is 12.4. The molecule has 0 saturated carbocycles. The van der Waals surface area contributed by atoms with Crippen LogP contribution in [-0.2, 0) is 34.4 Å². The van der Waals surface area contributed by atoms with E-state index in [1.165, 1.54) is 6.07 Å². The Balaban J connectivity index is 1.21. The highest BCUT2D eigenvalue weighted by Crippen LogP contribution is 2.32. The molecule has 3 aliphatic heterocycles. The fraction of sp³-hybridized carbons (Fsp3) is 0.571. The molecule has 1 aromatic carbocycles. The van der Waals surface area contributed by atoms with Gasteiger partial charge in [-0.1, -0.05) is 12.1 Å². The van der Waals surface area contributed by atoms with Gasteiger partial charge < -0.3 is 10.1 Å². The number of nitrogens with one attached hydrogen (secondary N) is 1. The Hall–Kier alpha value is -2.14. The number of amides is 1. The number of hydrogen-bond acceptors (Lipinski definition) is 6. The number of thioether (sulfide) groups is 1. The molecule has 1 N–H and O–H groups in total. The van der Waals surface area contributed by atoms with Gasteiger partial charge in [0.05, 0.1) is 23.8 Å². The molecule has 0 radical (unpaired) electrons. The lowest BCUT2D eigenvalue weighted by Gasteiger charge is -2.29. The minimum absolute atomic E-state index is 0.00860. The number of benzene rings is 1. The van der Waals surface area contributed by atoms with Crippen LogP contribution < -0.4 is 5.32 Å². The number of alkyl halides is 3. The maximum Gasteiger partial charge on any atom is 0.416 e. The van der Waals surface area contributed by atoms with E-state index in [9.17, 15) is 18.0 Å². The first kappa shape index (κ1) is 27.4. The molecule has 3 atom stereocenters. The molecule has 2 fully saturated rings. The summed E-state index contributed by atoms with van der Waals surface area (Å²) in [6.07, 6.45) is 1.24. The van der Waals surface area contributed by atoms with Gasteiger partial charge in [-0.15, -0.1) is 11.8 Å². The van der Waals surface area contributed by atoms with E-state index in [0.717, 1.165) is 68.6 Å². The second-order valence-electron chi connectivity index (χ2n) is 10.4. The molecule has 10 heteroatoms. The normalized spacial score (nSPS) is 25.1. The Morgan fingerprint density at radius 2 is 2.03 bits per heavy atom. The smallest absolute Gasteiger partial charge is 0.381 e. The van der Waals surface area contributed by atoms with Crippen molar-refractivity contribution in [2.45, 2.75) is 61.5 Å². The zero-order valence-electron chi connectivity index (χ0n) is 21.5. The number of hydrogen-bond donors (Lipinski definition) is 1. The number of pyridine rings is 1. The summed E-state index contributed by atoms with van der Waals surface area (Å²) in [6.45, 7) is 4.48. The molecule has 0 bridgehead atoms. The SMILES string of the molecule is O=C(CN1CCc2ccc(C(F)(F)F)cc2C1)NC1CN(C2CCCOCC2)C[C@@H]1SCc1ccccn1. The van der Waals surface area contributed by atoms with E-state index in [1.54, 1.807) is 12.3 Å². The molecule has 3 aliphatic rings. The van der Waals surface area contributed by atoms with E-state index in [-0.39, 0.29) is 23.7 Å². The van der Waals surface area contributed by atoms with Gasteiger partial charge in [0.15, 0.2) is 0 Å². The lowest BCUT2D eigenvalue weighted by molar-refractivity contribution is -0.137. The molecule has 4 heterocycles. The first-order valence-electron chi connectivity index (χ1n) is 13.4. The van der Waals surface area contributed by atoms with Crippen LogP contribution in [0, 0.1) is 0 Å². The lowest BCUT2D eigenvalue weighted by Crippen LogP contribution is -2.47. The van der Waals surface area contributed by atoms with Crippen molar-refractivity contribution >= 4 is 17.7 Å². The summed E-state index contributed by atoms with van der Waals surface area (Å²) in [5.41, 5.74) is 1.98. The van der Waals surface area contributed by atoms with Crippen molar-refractivity contribution in [3.8, 4) is 0 Å². The van der Waals surface area contributed by atoms with Crippen molar-refractivity contribution in [1.29, 1.82) is 0 Å². The number of fused-ring (bicyclic) bond motifs is 1. The first-order chi connectivity index (χ1) is 18.3. The zero-order valence-corrected chi connectivity index (χ0v) is 22.3. The maximum atomic E-state index is 13.2. The molecule has 6 nitrogen and oxygen atoms in total. The van der Waals surface area contributed by atoms with Crippen molar-refractivity contribution in [1.82, 2.24) is 20.1 Å². The summed E-state index contributed by atoms with van der Waals surface area (Å²) < 4.78 is 45.2. The van der Waals surface area contributed by atoms with E-state index >= 15 is 0 Å². The van der Waals surface area contributed by atoms with Gasteiger partial charge >= 0.3 is 6.18 Å². The van der Waals surface area contributed by atoms with E-state index in [4.69, 9.17) is 4.74 Å². The van der Waals surface area contributed by atoms with Gasteiger partial charge in [-0.3, -0.25) is 19.6 Å². The lowest BCUT2D eigenvalue weighted by atomic mass is 9.97. The number of ether oxygens (including phenoxy) is 1. The van der Waals surface area contributed by atoms with Gasteiger partial charge in [0.1, 0.15) is 0 Å². The third kappa shape index (κ3) is 7.08. The molecule has 0 spiro atoms. The molecular weight excluding hydrogens is 513 g/mol. The maximum absolute atomic E-state index is 13.2. The molecule has 38 heavy (non-hydrogen) atoms. The Labute approximate surface area is 226 Å². The zero-order chi connectivity index (χ0) is 26.5. The molecule has 5 rings (SSSR count). The second-order valence-corrected chi connectivity index (χ2v) is 11.7. The van der Waals surface area contributed by atoms with Crippen LogP contribution in [0.15, 0.2) is 42.6 Å². The third-order valence-electron chi connectivity index (χ3n) is 7.74. The predicted octanol–water partition coefficient (Wildman–Crippen LogP) is 4.13. The highest BCUT2D eigenvalue weighted by atomic mass is 32.2. The van der Waals surface area contributed by atoms with Crippen LogP contribution in [-0.4, -0.2) is 77.4 Å². The summed E-state index contributed by atoms with van der Waals surface area (Å²) in [6, 6.07) is 10.3. The highest BCUT2D eigenvalue weighted by molar-refractivity contribution is 7.99. The molecule has 0 aliphatic carbocycles. The van der Waals surface area contributed by atoms with Crippen molar-refractivity contribution in [2.24, 2.45) is 0 Å². The number of aromatic nitrogens is 1. The van der Waals surface area contributed by atoms with Crippen molar-refractivity contribution in [3.63, 3.8) is 0 Å². The van der Waals surface area contributed by atoms with Crippen LogP contribution in [0.4, 0.5) is 13.2 Å². The summed E-state index contributed by atoms with van der Waals surface area (Å²) in [5, 5.41) is 3.52. The standard InChI is InChI=1S/C28H35F3N4O2S/c29-28(30,31)22-7-6-20-8-11-34(15-21(20)14-22)18-27(36)33-25-16-35(24-5-3-12-37-13-9-24)17-26(25)38-19-23-4-1-2-10-32-23/h1-2,4,6-7,10,14,24-26H,3,5,8-9,11-13,15-19H2,(H,33,36)/t24?,25?,26-/m0/s1. The molecule has 2 aromatic rings. The number of likely N-dealkylation sites (tertiary alicyclic amines) is 1. The summed E-state index contributed by atoms with van der Waals surface area (Å²) in [7, 11) is 0. The predicted molar refractivity (Wildman–Crippen MR) is 142 cm³/mol. The number of rotatable bonds is 7. The van der Waals surface area contributed by atoms with Crippen LogP contribution in [0.3, 0.4) is 0 Å². The van der Waals surface area contributed by atoms with Crippen LogP contribution >= 0.6 is 11.8 Å². The van der Waals surface area contributed by atoms with Crippen molar-refractivity contribution in [2.75, 3.05) is 39.4 Å². The topological polar surface area (TPSA) is 57.7 Å². The van der Waals surface area contributed by atoms with Crippen molar-refractivity contribution in [3.05, 3.63) is 65.0 Å². The fourth-order valence-corrected chi connectivity index (χ4v) is 6.96. The quantitative estimate of drug-likeness (QED) is 0.562. The third-order valence-corrected chi connectivity index (χ3v) is 9.11. The van der Waals surface area contributed by atoms with E-state index in [0.29, 0.717) is 31.1 Å². The van der Waals surface area contributed by atoms with E-state index in [2.05, 4.69) is 15.2 Å². The van der Waals surface area contributed by atoms with Crippen LogP contribution in [0.2, 0.25) is 0 Å². The Morgan fingerprint density at radius 1 is 1.13 bits per heavy atom. The Kier molecular flexibility index (Phi) is 8.92. The Bertz CT molecular complexity index is 1080. The first-order valence-corrected chi connectivity index (χ1v) is 14.4. The number of carbonyl (C=O) groups is 1. The number of carbonyl (C=O) groups excluding carboxylic acids is 1. The minimum Gasteiger partial charge on any atom is -0.381 e. The van der Waals surface area contributed by atoms with E-state index < -0.39 is 11.7 Å². The van der Waals surface area contributed by atoms with Crippen molar-refractivity contribution < 1.29 is 22.7 Å². The minimum atomic E-state index is -4.37. The molecule has 2 saturated heterocycles. The van der Waals surface area contributed by atoms with Gasteiger partial charge in [0.25, 0.3) is 0 Å². The monoisotopic (exact) mass is 548 g/mol. The number of halogens is 3. The molecule has 2 unspecified atom stereocenters. The van der Waals surface area contributed by atoms with Gasteiger partial charge in [-0.2, -0.15) is 13.2 Å². The fourth-order valence-electron chi connectivity index (χ4n) is 5.72.